The lowest BCUT2D eigenvalue weighted by Gasteiger charge is -2.30. The van der Waals surface area contributed by atoms with Gasteiger partial charge in [0.25, 0.3) is 5.91 Å². The number of likely N-dealkylation sites (tertiary alicyclic amines) is 1. The average Bonchev–Trinajstić information content (AvgIpc) is 3.11. The molecule has 0 radical (unpaired) electrons. The smallest absolute Gasteiger partial charge is 0.255 e. The van der Waals surface area contributed by atoms with E-state index < -0.39 is 6.04 Å². The highest BCUT2D eigenvalue weighted by Crippen LogP contribution is 2.34. The minimum atomic E-state index is -0.391. The van der Waals surface area contributed by atoms with Crippen LogP contribution in [0.15, 0.2) is 24.3 Å². The number of nitrogens with one attached hydrogen (secondary N) is 1. The van der Waals surface area contributed by atoms with Crippen molar-refractivity contribution in [3.8, 4) is 0 Å². The van der Waals surface area contributed by atoms with E-state index in [1.807, 2.05) is 36.1 Å². The van der Waals surface area contributed by atoms with E-state index >= 15 is 0 Å². The molecule has 1 N–H and O–H groups in total. The molecule has 0 saturated carbocycles. The van der Waals surface area contributed by atoms with Crippen LogP contribution in [0.3, 0.4) is 0 Å². The molecule has 2 unspecified atom stereocenters. The Bertz CT molecular complexity index is 703. The van der Waals surface area contributed by atoms with Crippen molar-refractivity contribution in [1.29, 1.82) is 0 Å². The molecule has 2 saturated heterocycles. The lowest BCUT2D eigenvalue weighted by atomic mass is 10.1. The summed E-state index contributed by atoms with van der Waals surface area (Å²) >= 11 is 1.74. The van der Waals surface area contributed by atoms with Crippen molar-refractivity contribution in [2.24, 2.45) is 5.92 Å². The van der Waals surface area contributed by atoms with Gasteiger partial charge in [0.15, 0.2) is 0 Å². The normalized spacial score (nSPS) is 22.8. The maximum Gasteiger partial charge on any atom is 0.255 e. The standard InChI is InChI=1S/C23H35N3O2S/c1-17(2)14-21-26(23(28)19-9-7-8-18(3)15-19)20(16-29-21)22(27)24-10-13-25-11-5-4-6-12-25/h7-9,15,17,20-21H,4-6,10-14,16H2,1-3H3,(H,24,27). The first-order valence-electron chi connectivity index (χ1n) is 11.0. The van der Waals surface area contributed by atoms with E-state index in [0.717, 1.165) is 31.6 Å². The molecule has 1 aromatic carbocycles. The topological polar surface area (TPSA) is 52.7 Å². The summed E-state index contributed by atoms with van der Waals surface area (Å²) in [6, 6.07) is 7.29. The zero-order chi connectivity index (χ0) is 20.8. The van der Waals surface area contributed by atoms with Crippen LogP contribution in [0.4, 0.5) is 0 Å². The Balaban J connectivity index is 1.66. The van der Waals surface area contributed by atoms with Gasteiger partial charge in [-0.3, -0.25) is 9.59 Å². The molecule has 0 spiro atoms. The summed E-state index contributed by atoms with van der Waals surface area (Å²) in [7, 11) is 0. The zero-order valence-electron chi connectivity index (χ0n) is 18.0. The summed E-state index contributed by atoms with van der Waals surface area (Å²) in [5.74, 6) is 1.10. The molecule has 160 valence electrons. The first-order chi connectivity index (χ1) is 14.0. The number of hydrogen-bond acceptors (Lipinski definition) is 4. The Kier molecular flexibility index (Phi) is 8.01. The van der Waals surface area contributed by atoms with Gasteiger partial charge < -0.3 is 15.1 Å². The van der Waals surface area contributed by atoms with E-state index in [1.165, 1.54) is 19.3 Å². The highest BCUT2D eigenvalue weighted by Gasteiger charge is 2.41. The van der Waals surface area contributed by atoms with Crippen LogP contribution >= 0.6 is 11.8 Å². The maximum atomic E-state index is 13.4. The van der Waals surface area contributed by atoms with Crippen molar-refractivity contribution in [1.82, 2.24) is 15.1 Å². The van der Waals surface area contributed by atoms with Crippen LogP contribution in [0.1, 0.15) is 55.5 Å². The fourth-order valence-corrected chi connectivity index (χ4v) is 5.83. The Labute approximate surface area is 179 Å². The Morgan fingerprint density at radius 2 is 1.97 bits per heavy atom. The Morgan fingerprint density at radius 1 is 1.21 bits per heavy atom. The molecule has 0 aromatic heterocycles. The Hall–Kier alpha value is -1.53. The van der Waals surface area contributed by atoms with E-state index in [4.69, 9.17) is 0 Å². The molecule has 0 aliphatic carbocycles. The minimum Gasteiger partial charge on any atom is -0.353 e. The van der Waals surface area contributed by atoms with Gasteiger partial charge in [0.2, 0.25) is 5.91 Å². The summed E-state index contributed by atoms with van der Waals surface area (Å²) < 4.78 is 0. The lowest BCUT2D eigenvalue weighted by molar-refractivity contribution is -0.124. The average molecular weight is 418 g/mol. The highest BCUT2D eigenvalue weighted by molar-refractivity contribution is 8.00. The molecule has 2 heterocycles. The molecule has 2 fully saturated rings. The largest absolute Gasteiger partial charge is 0.353 e. The number of benzene rings is 1. The fourth-order valence-electron chi connectivity index (χ4n) is 4.19. The molecule has 2 aliphatic rings. The van der Waals surface area contributed by atoms with Crippen molar-refractivity contribution in [3.63, 3.8) is 0 Å². The fraction of sp³-hybridized carbons (Fsp3) is 0.652. The van der Waals surface area contributed by atoms with E-state index in [9.17, 15) is 9.59 Å². The molecule has 1 aromatic rings. The summed E-state index contributed by atoms with van der Waals surface area (Å²) in [5, 5.41) is 3.16. The van der Waals surface area contributed by atoms with Crippen LogP contribution in [0.2, 0.25) is 0 Å². The minimum absolute atomic E-state index is 0.0123. The maximum absolute atomic E-state index is 13.4. The van der Waals surface area contributed by atoms with Gasteiger partial charge in [-0.2, -0.15) is 0 Å². The number of nitrogens with zero attached hydrogens (tertiary/aromatic N) is 2. The van der Waals surface area contributed by atoms with Gasteiger partial charge in [-0.15, -0.1) is 11.8 Å². The van der Waals surface area contributed by atoms with E-state index in [2.05, 4.69) is 24.1 Å². The number of thioether (sulfide) groups is 1. The van der Waals surface area contributed by atoms with Crippen molar-refractivity contribution in [2.75, 3.05) is 31.9 Å². The number of carbonyl (C=O) groups excluding carboxylic acids is 2. The molecule has 2 aliphatic heterocycles. The molecule has 29 heavy (non-hydrogen) atoms. The lowest BCUT2D eigenvalue weighted by Crippen LogP contribution is -2.51. The number of amides is 2. The predicted octanol–water partition coefficient (Wildman–Crippen LogP) is 3.53. The van der Waals surface area contributed by atoms with Gasteiger partial charge >= 0.3 is 0 Å². The van der Waals surface area contributed by atoms with Crippen LogP contribution in [-0.4, -0.2) is 65.0 Å². The molecule has 6 heteroatoms. The first-order valence-corrected chi connectivity index (χ1v) is 12.0. The van der Waals surface area contributed by atoms with Gasteiger partial charge in [-0.25, -0.2) is 0 Å². The second-order valence-electron chi connectivity index (χ2n) is 8.71. The highest BCUT2D eigenvalue weighted by atomic mass is 32.2. The van der Waals surface area contributed by atoms with E-state index in [0.29, 0.717) is 23.8 Å². The SMILES string of the molecule is Cc1cccc(C(=O)N2C(CC(C)C)SCC2C(=O)NCCN2CCCCC2)c1. The van der Waals surface area contributed by atoms with Crippen LogP contribution in [0.25, 0.3) is 0 Å². The van der Waals surface area contributed by atoms with Gasteiger partial charge in [-0.05, 0) is 57.3 Å². The van der Waals surface area contributed by atoms with Gasteiger partial charge in [0.05, 0.1) is 5.37 Å². The molecule has 2 amide bonds. The van der Waals surface area contributed by atoms with Crippen molar-refractivity contribution in [3.05, 3.63) is 35.4 Å². The Morgan fingerprint density at radius 3 is 2.66 bits per heavy atom. The number of aryl methyl sites for hydroxylation is 1. The summed E-state index contributed by atoms with van der Waals surface area (Å²) in [6.45, 7) is 10.1. The zero-order valence-corrected chi connectivity index (χ0v) is 18.8. The van der Waals surface area contributed by atoms with E-state index in [-0.39, 0.29) is 17.2 Å². The molecular formula is C23H35N3O2S. The van der Waals surface area contributed by atoms with Gasteiger partial charge in [-0.1, -0.05) is 38.0 Å². The third kappa shape index (κ3) is 5.98. The molecule has 2 atom stereocenters. The number of hydrogen-bond donors (Lipinski definition) is 1. The predicted molar refractivity (Wildman–Crippen MR) is 120 cm³/mol. The van der Waals surface area contributed by atoms with Crippen LogP contribution < -0.4 is 5.32 Å². The molecular weight excluding hydrogens is 382 g/mol. The summed E-state index contributed by atoms with van der Waals surface area (Å²) in [4.78, 5) is 30.6. The van der Waals surface area contributed by atoms with Gasteiger partial charge in [0.1, 0.15) is 6.04 Å². The summed E-state index contributed by atoms with van der Waals surface area (Å²) in [5.41, 5.74) is 1.73. The third-order valence-corrected chi connectivity index (χ3v) is 7.06. The summed E-state index contributed by atoms with van der Waals surface area (Å²) in [6.07, 6.45) is 4.72. The van der Waals surface area contributed by atoms with E-state index in [1.54, 1.807) is 11.8 Å². The van der Waals surface area contributed by atoms with Crippen molar-refractivity contribution >= 4 is 23.6 Å². The monoisotopic (exact) mass is 417 g/mol. The van der Waals surface area contributed by atoms with Crippen LogP contribution in [0.5, 0.6) is 0 Å². The third-order valence-electron chi connectivity index (χ3n) is 5.74. The first kappa shape index (κ1) is 22.2. The van der Waals surface area contributed by atoms with Crippen molar-refractivity contribution in [2.45, 2.75) is 57.9 Å². The van der Waals surface area contributed by atoms with Gasteiger partial charge in [0, 0.05) is 24.4 Å². The quantitative estimate of drug-likeness (QED) is 0.737. The second-order valence-corrected chi connectivity index (χ2v) is 9.92. The molecule has 3 rings (SSSR count). The van der Waals surface area contributed by atoms with Crippen molar-refractivity contribution < 1.29 is 9.59 Å². The van der Waals surface area contributed by atoms with Crippen LogP contribution in [0, 0.1) is 12.8 Å². The second kappa shape index (κ2) is 10.5. The molecule has 5 nitrogen and oxygen atoms in total. The molecule has 0 bridgehead atoms. The van der Waals surface area contributed by atoms with Crippen LogP contribution in [-0.2, 0) is 4.79 Å². The number of piperidine rings is 1. The number of carbonyl (C=O) groups is 2. The number of rotatable bonds is 7.